The SMILES string of the molecule is N#CC(NCCCO)c1cc(Cl)c2c(c1)OCCO2. The summed E-state index contributed by atoms with van der Waals surface area (Å²) in [6, 6.07) is 5.14. The lowest BCUT2D eigenvalue weighted by molar-refractivity contribution is 0.171. The average molecular weight is 283 g/mol. The molecule has 0 saturated carbocycles. The van der Waals surface area contributed by atoms with Gasteiger partial charge in [-0.2, -0.15) is 5.26 Å². The lowest BCUT2D eigenvalue weighted by atomic mass is 10.1. The summed E-state index contributed by atoms with van der Waals surface area (Å²) >= 11 is 6.13. The van der Waals surface area contributed by atoms with Gasteiger partial charge in [-0.15, -0.1) is 0 Å². The molecule has 1 unspecified atom stereocenters. The summed E-state index contributed by atoms with van der Waals surface area (Å²) in [5.41, 5.74) is 0.731. The van der Waals surface area contributed by atoms with E-state index in [-0.39, 0.29) is 6.61 Å². The van der Waals surface area contributed by atoms with Crippen LogP contribution >= 0.6 is 11.6 Å². The van der Waals surface area contributed by atoms with Crippen molar-refractivity contribution in [2.45, 2.75) is 12.5 Å². The maximum absolute atomic E-state index is 9.18. The monoisotopic (exact) mass is 282 g/mol. The highest BCUT2D eigenvalue weighted by Gasteiger charge is 2.20. The molecule has 0 fully saturated rings. The molecule has 5 nitrogen and oxygen atoms in total. The van der Waals surface area contributed by atoms with Crippen LogP contribution in [0.15, 0.2) is 12.1 Å². The van der Waals surface area contributed by atoms with E-state index in [0.29, 0.717) is 42.7 Å². The zero-order valence-corrected chi connectivity index (χ0v) is 11.1. The van der Waals surface area contributed by atoms with Crippen LogP contribution in [0.3, 0.4) is 0 Å². The molecule has 2 rings (SSSR count). The van der Waals surface area contributed by atoms with Gasteiger partial charge in [-0.3, -0.25) is 5.32 Å². The number of hydrogen-bond donors (Lipinski definition) is 2. The van der Waals surface area contributed by atoms with E-state index in [1.54, 1.807) is 12.1 Å². The Hall–Kier alpha value is -1.48. The number of ether oxygens (including phenoxy) is 2. The van der Waals surface area contributed by atoms with Crippen molar-refractivity contribution in [3.8, 4) is 17.6 Å². The van der Waals surface area contributed by atoms with Crippen molar-refractivity contribution in [1.82, 2.24) is 5.32 Å². The van der Waals surface area contributed by atoms with Crippen LogP contribution in [0.1, 0.15) is 18.0 Å². The van der Waals surface area contributed by atoms with Gasteiger partial charge in [0, 0.05) is 6.61 Å². The second-order valence-corrected chi connectivity index (χ2v) is 4.53. The first-order valence-corrected chi connectivity index (χ1v) is 6.47. The Kier molecular flexibility index (Phi) is 4.86. The molecule has 1 aromatic rings. The third kappa shape index (κ3) is 3.29. The molecule has 0 saturated heterocycles. The summed E-state index contributed by atoms with van der Waals surface area (Å²) in [4.78, 5) is 0. The number of nitrogens with one attached hydrogen (secondary N) is 1. The van der Waals surface area contributed by atoms with E-state index in [1.165, 1.54) is 0 Å². The number of halogens is 1. The van der Waals surface area contributed by atoms with Gasteiger partial charge in [-0.1, -0.05) is 11.6 Å². The van der Waals surface area contributed by atoms with E-state index in [4.69, 9.17) is 26.2 Å². The minimum atomic E-state index is -0.486. The van der Waals surface area contributed by atoms with Crippen LogP contribution in [0.5, 0.6) is 11.5 Å². The summed E-state index contributed by atoms with van der Waals surface area (Å²) in [5.74, 6) is 1.10. The van der Waals surface area contributed by atoms with Crippen molar-refractivity contribution in [2.75, 3.05) is 26.4 Å². The molecule has 0 bridgehead atoms. The fourth-order valence-corrected chi connectivity index (χ4v) is 2.13. The second-order valence-electron chi connectivity index (χ2n) is 4.12. The van der Waals surface area contributed by atoms with Crippen LogP contribution in [0.2, 0.25) is 5.02 Å². The van der Waals surface area contributed by atoms with Gasteiger partial charge in [0.1, 0.15) is 19.3 Å². The summed E-state index contributed by atoms with van der Waals surface area (Å²) in [6.07, 6.45) is 0.594. The Balaban J connectivity index is 2.19. The molecule has 1 heterocycles. The molecule has 0 amide bonds. The molecule has 1 aromatic carbocycles. The highest BCUT2D eigenvalue weighted by molar-refractivity contribution is 6.32. The molecular formula is C13H15ClN2O3. The van der Waals surface area contributed by atoms with Gasteiger partial charge in [0.05, 0.1) is 11.1 Å². The van der Waals surface area contributed by atoms with Crippen LogP contribution in [0, 0.1) is 11.3 Å². The smallest absolute Gasteiger partial charge is 0.179 e. The number of fused-ring (bicyclic) bond motifs is 1. The third-order valence-electron chi connectivity index (χ3n) is 2.76. The average Bonchev–Trinajstić information content (AvgIpc) is 2.44. The molecule has 0 spiro atoms. The second kappa shape index (κ2) is 6.62. The largest absolute Gasteiger partial charge is 0.486 e. The van der Waals surface area contributed by atoms with Gasteiger partial charge in [0.15, 0.2) is 11.5 Å². The quantitative estimate of drug-likeness (QED) is 0.803. The van der Waals surface area contributed by atoms with Crippen molar-refractivity contribution < 1.29 is 14.6 Å². The standard InChI is InChI=1S/C13H15ClN2O3/c14-10-6-9(11(8-15)16-2-1-3-17)7-12-13(10)19-5-4-18-12/h6-7,11,16-17H,1-5H2. The van der Waals surface area contributed by atoms with Gasteiger partial charge in [0.2, 0.25) is 0 Å². The highest BCUT2D eigenvalue weighted by Crippen LogP contribution is 2.39. The van der Waals surface area contributed by atoms with Gasteiger partial charge in [0.25, 0.3) is 0 Å². The maximum Gasteiger partial charge on any atom is 0.179 e. The van der Waals surface area contributed by atoms with Crippen molar-refractivity contribution in [2.24, 2.45) is 0 Å². The first-order valence-electron chi connectivity index (χ1n) is 6.09. The molecule has 2 N–H and O–H groups in total. The molecule has 0 aromatic heterocycles. The lowest BCUT2D eigenvalue weighted by Crippen LogP contribution is -2.22. The van der Waals surface area contributed by atoms with Crippen LogP contribution in [0.4, 0.5) is 0 Å². The van der Waals surface area contributed by atoms with Crippen molar-refractivity contribution >= 4 is 11.6 Å². The molecule has 0 aliphatic carbocycles. The normalized spacial score (nSPS) is 14.8. The van der Waals surface area contributed by atoms with Crippen LogP contribution in [0.25, 0.3) is 0 Å². The minimum Gasteiger partial charge on any atom is -0.486 e. The van der Waals surface area contributed by atoms with E-state index in [9.17, 15) is 5.26 Å². The Morgan fingerprint density at radius 1 is 1.42 bits per heavy atom. The van der Waals surface area contributed by atoms with E-state index in [1.807, 2.05) is 0 Å². The van der Waals surface area contributed by atoms with E-state index in [2.05, 4.69) is 11.4 Å². The van der Waals surface area contributed by atoms with Crippen LogP contribution in [-0.2, 0) is 0 Å². The number of hydrogen-bond acceptors (Lipinski definition) is 5. The fourth-order valence-electron chi connectivity index (χ4n) is 1.86. The van der Waals surface area contributed by atoms with Gasteiger partial charge in [-0.25, -0.2) is 0 Å². The topological polar surface area (TPSA) is 74.5 Å². The molecule has 1 atom stereocenters. The summed E-state index contributed by atoms with van der Waals surface area (Å²) in [5, 5.41) is 21.4. The van der Waals surface area contributed by atoms with Gasteiger partial charge >= 0.3 is 0 Å². The van der Waals surface area contributed by atoms with Gasteiger partial charge in [-0.05, 0) is 30.7 Å². The minimum absolute atomic E-state index is 0.0903. The van der Waals surface area contributed by atoms with Crippen LogP contribution in [-0.4, -0.2) is 31.5 Å². The fraction of sp³-hybridized carbons (Fsp3) is 0.462. The first kappa shape index (κ1) is 13.9. The molecule has 6 heteroatoms. The van der Waals surface area contributed by atoms with Crippen LogP contribution < -0.4 is 14.8 Å². The van der Waals surface area contributed by atoms with E-state index in [0.717, 1.165) is 5.56 Å². The molecule has 102 valence electrons. The molecule has 1 aliphatic rings. The maximum atomic E-state index is 9.18. The van der Waals surface area contributed by atoms with E-state index >= 15 is 0 Å². The number of aliphatic hydroxyl groups is 1. The first-order chi connectivity index (χ1) is 9.26. The number of rotatable bonds is 5. The molecule has 1 aliphatic heterocycles. The highest BCUT2D eigenvalue weighted by atomic mass is 35.5. The number of nitriles is 1. The third-order valence-corrected chi connectivity index (χ3v) is 3.05. The van der Waals surface area contributed by atoms with E-state index < -0.39 is 6.04 Å². The zero-order chi connectivity index (χ0) is 13.7. The van der Waals surface area contributed by atoms with Crippen molar-refractivity contribution in [1.29, 1.82) is 5.26 Å². The Morgan fingerprint density at radius 2 is 2.21 bits per heavy atom. The summed E-state index contributed by atoms with van der Waals surface area (Å²) in [6.45, 7) is 1.60. The Labute approximate surface area is 116 Å². The molecule has 0 radical (unpaired) electrons. The number of nitrogens with zero attached hydrogens (tertiary/aromatic N) is 1. The summed E-state index contributed by atoms with van der Waals surface area (Å²) in [7, 11) is 0. The van der Waals surface area contributed by atoms with Gasteiger partial charge < -0.3 is 14.6 Å². The lowest BCUT2D eigenvalue weighted by Gasteiger charge is -2.21. The molecular weight excluding hydrogens is 268 g/mol. The number of benzene rings is 1. The zero-order valence-electron chi connectivity index (χ0n) is 10.4. The van der Waals surface area contributed by atoms with Crippen molar-refractivity contribution in [3.63, 3.8) is 0 Å². The molecule has 19 heavy (non-hydrogen) atoms. The number of aliphatic hydroxyl groups excluding tert-OH is 1. The summed E-state index contributed by atoms with van der Waals surface area (Å²) < 4.78 is 10.9. The van der Waals surface area contributed by atoms with Crippen molar-refractivity contribution in [3.05, 3.63) is 22.7 Å². The predicted octanol–water partition coefficient (Wildman–Crippen LogP) is 1.65. The predicted molar refractivity (Wildman–Crippen MR) is 70.5 cm³/mol. The Morgan fingerprint density at radius 3 is 2.95 bits per heavy atom. The Bertz CT molecular complexity index is 488.